The molecule has 29 heavy (non-hydrogen) atoms. The van der Waals surface area contributed by atoms with Crippen molar-refractivity contribution in [2.24, 2.45) is 0 Å². The molecule has 0 bridgehead atoms. The third-order valence-corrected chi connectivity index (χ3v) is 4.74. The summed E-state index contributed by atoms with van der Waals surface area (Å²) in [5.74, 6) is 0.370. The molecular formula is C21H25N3O5. The van der Waals surface area contributed by atoms with Gasteiger partial charge in [-0.05, 0) is 43.2 Å². The van der Waals surface area contributed by atoms with Crippen molar-refractivity contribution in [1.82, 2.24) is 10.2 Å². The Balaban J connectivity index is 1.81. The molecule has 0 aromatic heterocycles. The molecule has 1 N–H and O–H groups in total. The fraction of sp³-hybridized carbons (Fsp3) is 0.333. The first-order valence-corrected chi connectivity index (χ1v) is 9.25. The largest absolute Gasteiger partial charge is 0.497 e. The maximum atomic E-state index is 12.4. The molecule has 1 atom stereocenters. The molecule has 8 heteroatoms. The molecule has 2 aromatic carbocycles. The molecular weight excluding hydrogens is 374 g/mol. The van der Waals surface area contributed by atoms with Gasteiger partial charge in [0, 0.05) is 37.7 Å². The molecule has 0 aliphatic heterocycles. The van der Waals surface area contributed by atoms with E-state index < -0.39 is 4.92 Å². The number of carbonyl (C=O) groups excluding carboxylic acids is 2. The minimum atomic E-state index is -0.455. The van der Waals surface area contributed by atoms with Crippen molar-refractivity contribution in [3.05, 3.63) is 69.8 Å². The summed E-state index contributed by atoms with van der Waals surface area (Å²) in [7, 11) is 3.23. The van der Waals surface area contributed by atoms with Gasteiger partial charge in [0.1, 0.15) is 5.75 Å². The number of ether oxygens (including phenoxy) is 1. The summed E-state index contributed by atoms with van der Waals surface area (Å²) in [4.78, 5) is 36.6. The van der Waals surface area contributed by atoms with Crippen LogP contribution in [0, 0.1) is 10.1 Å². The lowest BCUT2D eigenvalue weighted by Crippen LogP contribution is -2.31. The summed E-state index contributed by atoms with van der Waals surface area (Å²) in [5.41, 5.74) is 1.22. The predicted octanol–water partition coefficient (Wildman–Crippen LogP) is 3.33. The number of non-ortho nitro benzene ring substituents is 1. The van der Waals surface area contributed by atoms with Crippen LogP contribution in [0.15, 0.2) is 48.5 Å². The van der Waals surface area contributed by atoms with Gasteiger partial charge in [-0.1, -0.05) is 12.1 Å². The summed E-state index contributed by atoms with van der Waals surface area (Å²) in [6.45, 7) is 2.19. The van der Waals surface area contributed by atoms with Crippen LogP contribution in [0.2, 0.25) is 0 Å². The zero-order valence-corrected chi connectivity index (χ0v) is 16.8. The molecule has 2 aromatic rings. The predicted molar refractivity (Wildman–Crippen MR) is 109 cm³/mol. The van der Waals surface area contributed by atoms with Gasteiger partial charge < -0.3 is 15.0 Å². The highest BCUT2D eigenvalue weighted by molar-refractivity contribution is 5.94. The number of benzene rings is 2. The topological polar surface area (TPSA) is 102 Å². The van der Waals surface area contributed by atoms with Gasteiger partial charge in [-0.3, -0.25) is 19.7 Å². The number of nitro groups is 1. The van der Waals surface area contributed by atoms with E-state index in [0.29, 0.717) is 29.8 Å². The summed E-state index contributed by atoms with van der Waals surface area (Å²) < 4.78 is 5.06. The summed E-state index contributed by atoms with van der Waals surface area (Å²) in [5, 5.41) is 13.7. The van der Waals surface area contributed by atoms with Crippen LogP contribution < -0.4 is 10.1 Å². The van der Waals surface area contributed by atoms with Gasteiger partial charge in [0.15, 0.2) is 0 Å². The van der Waals surface area contributed by atoms with Crippen molar-refractivity contribution < 1.29 is 19.2 Å². The second-order valence-corrected chi connectivity index (χ2v) is 6.62. The Labute approximate surface area is 169 Å². The third-order valence-electron chi connectivity index (χ3n) is 4.74. The second-order valence-electron chi connectivity index (χ2n) is 6.62. The van der Waals surface area contributed by atoms with Gasteiger partial charge in [-0.25, -0.2) is 0 Å². The average molecular weight is 399 g/mol. The molecule has 0 fully saturated rings. The number of carbonyl (C=O) groups is 2. The van der Waals surface area contributed by atoms with Crippen LogP contribution in [0.4, 0.5) is 5.69 Å². The van der Waals surface area contributed by atoms with Crippen LogP contribution in [-0.2, 0) is 4.79 Å². The maximum Gasteiger partial charge on any atom is 0.269 e. The van der Waals surface area contributed by atoms with E-state index in [-0.39, 0.29) is 30.0 Å². The Hall–Kier alpha value is -3.42. The number of amides is 2. The number of hydrogen-bond acceptors (Lipinski definition) is 5. The van der Waals surface area contributed by atoms with Gasteiger partial charge in [0.2, 0.25) is 5.91 Å². The third kappa shape index (κ3) is 6.03. The van der Waals surface area contributed by atoms with Crippen LogP contribution in [-0.4, -0.2) is 42.3 Å². The molecule has 0 saturated heterocycles. The van der Waals surface area contributed by atoms with E-state index in [1.807, 2.05) is 6.92 Å². The molecule has 2 amide bonds. The van der Waals surface area contributed by atoms with Gasteiger partial charge in [-0.2, -0.15) is 0 Å². The standard InChI is InChI=1S/C21H25N3O5/c1-15(17-6-4-7-18(14-17)24(27)28)23(2)20(25)8-5-13-22-21(26)16-9-11-19(29-3)12-10-16/h4,6-7,9-12,14-15H,5,8,13H2,1-3H3,(H,22,26). The molecule has 0 heterocycles. The van der Waals surface area contributed by atoms with Crippen molar-refractivity contribution in [2.75, 3.05) is 20.7 Å². The zero-order valence-electron chi connectivity index (χ0n) is 16.8. The molecule has 1 unspecified atom stereocenters. The molecule has 2 rings (SSSR count). The van der Waals surface area contributed by atoms with Crippen molar-refractivity contribution in [2.45, 2.75) is 25.8 Å². The molecule has 0 radical (unpaired) electrons. The Bertz CT molecular complexity index is 867. The van der Waals surface area contributed by atoms with Gasteiger partial charge in [0.05, 0.1) is 18.1 Å². The van der Waals surface area contributed by atoms with Gasteiger partial charge >= 0.3 is 0 Å². The summed E-state index contributed by atoms with van der Waals surface area (Å²) in [6, 6.07) is 12.7. The first-order valence-electron chi connectivity index (χ1n) is 9.25. The first kappa shape index (κ1) is 21.9. The Kier molecular flexibility index (Phi) is 7.70. The lowest BCUT2D eigenvalue weighted by molar-refractivity contribution is -0.384. The van der Waals surface area contributed by atoms with Crippen molar-refractivity contribution in [3.63, 3.8) is 0 Å². The summed E-state index contributed by atoms with van der Waals surface area (Å²) in [6.07, 6.45) is 0.755. The quantitative estimate of drug-likeness (QED) is 0.396. The molecule has 154 valence electrons. The van der Waals surface area contributed by atoms with E-state index >= 15 is 0 Å². The maximum absolute atomic E-state index is 12.4. The molecule has 0 saturated carbocycles. The highest BCUT2D eigenvalue weighted by Crippen LogP contribution is 2.23. The lowest BCUT2D eigenvalue weighted by atomic mass is 10.1. The van der Waals surface area contributed by atoms with Crippen LogP contribution >= 0.6 is 0 Å². The van der Waals surface area contributed by atoms with E-state index in [9.17, 15) is 19.7 Å². The highest BCUT2D eigenvalue weighted by atomic mass is 16.6. The number of methoxy groups -OCH3 is 1. The molecule has 0 aliphatic rings. The normalized spacial score (nSPS) is 11.4. The fourth-order valence-electron chi connectivity index (χ4n) is 2.80. The molecule has 8 nitrogen and oxygen atoms in total. The Morgan fingerprint density at radius 2 is 1.90 bits per heavy atom. The second kappa shape index (κ2) is 10.2. The van der Waals surface area contributed by atoms with Crippen LogP contribution in [0.3, 0.4) is 0 Å². The van der Waals surface area contributed by atoms with Gasteiger partial charge in [0.25, 0.3) is 11.6 Å². The van der Waals surface area contributed by atoms with Crippen molar-refractivity contribution in [1.29, 1.82) is 0 Å². The van der Waals surface area contributed by atoms with Crippen LogP contribution in [0.25, 0.3) is 0 Å². The average Bonchev–Trinajstić information content (AvgIpc) is 2.75. The number of nitro benzene ring substituents is 1. The van der Waals surface area contributed by atoms with Crippen molar-refractivity contribution >= 4 is 17.5 Å². The Morgan fingerprint density at radius 1 is 1.21 bits per heavy atom. The minimum Gasteiger partial charge on any atom is -0.497 e. The zero-order chi connectivity index (χ0) is 21.4. The molecule has 0 aliphatic carbocycles. The van der Waals surface area contributed by atoms with Crippen LogP contribution in [0.1, 0.15) is 41.7 Å². The number of nitrogens with zero attached hydrogens (tertiary/aromatic N) is 2. The number of rotatable bonds is 9. The van der Waals surface area contributed by atoms with E-state index in [0.717, 1.165) is 0 Å². The smallest absolute Gasteiger partial charge is 0.269 e. The monoisotopic (exact) mass is 399 g/mol. The van der Waals surface area contributed by atoms with E-state index in [1.165, 1.54) is 12.1 Å². The first-order chi connectivity index (χ1) is 13.8. The SMILES string of the molecule is COc1ccc(C(=O)NCCCC(=O)N(C)C(C)c2cccc([N+](=O)[O-])c2)cc1. The number of hydrogen-bond donors (Lipinski definition) is 1. The Morgan fingerprint density at radius 3 is 2.52 bits per heavy atom. The number of nitrogens with one attached hydrogen (secondary N) is 1. The van der Waals surface area contributed by atoms with Crippen molar-refractivity contribution in [3.8, 4) is 5.75 Å². The van der Waals surface area contributed by atoms with E-state index in [2.05, 4.69) is 5.32 Å². The van der Waals surface area contributed by atoms with Gasteiger partial charge in [-0.15, -0.1) is 0 Å². The van der Waals surface area contributed by atoms with E-state index in [1.54, 1.807) is 55.5 Å². The minimum absolute atomic E-state index is 0.00329. The lowest BCUT2D eigenvalue weighted by Gasteiger charge is -2.25. The molecule has 0 spiro atoms. The van der Waals surface area contributed by atoms with E-state index in [4.69, 9.17) is 4.74 Å². The van der Waals surface area contributed by atoms with Crippen LogP contribution in [0.5, 0.6) is 5.75 Å². The highest BCUT2D eigenvalue weighted by Gasteiger charge is 2.19. The summed E-state index contributed by atoms with van der Waals surface area (Å²) >= 11 is 0. The fourth-order valence-corrected chi connectivity index (χ4v) is 2.80.